The van der Waals surface area contributed by atoms with E-state index in [0.717, 1.165) is 17.2 Å². The fourth-order valence-corrected chi connectivity index (χ4v) is 3.28. The molecule has 2 N–H and O–H groups in total. The van der Waals surface area contributed by atoms with Crippen LogP contribution in [0, 0.1) is 0 Å². The van der Waals surface area contributed by atoms with Gasteiger partial charge in [-0.05, 0) is 34.9 Å². The van der Waals surface area contributed by atoms with Crippen molar-refractivity contribution in [3.8, 4) is 22.9 Å². The summed E-state index contributed by atoms with van der Waals surface area (Å²) in [6.45, 7) is 0.553. The van der Waals surface area contributed by atoms with Gasteiger partial charge in [0.2, 0.25) is 11.8 Å². The average molecular weight is 450 g/mol. The van der Waals surface area contributed by atoms with E-state index >= 15 is 0 Å². The first-order valence-electron chi connectivity index (χ1n) is 10.2. The number of pyridine rings is 1. The number of hydrogen-bond donors (Lipinski definition) is 1. The molecule has 0 amide bonds. The second kappa shape index (κ2) is 9.65. The summed E-state index contributed by atoms with van der Waals surface area (Å²) in [5.41, 5.74) is 7.33. The number of nitrogen functional groups attached to an aromatic ring is 1. The van der Waals surface area contributed by atoms with Crippen LogP contribution in [0.1, 0.15) is 16.7 Å². The summed E-state index contributed by atoms with van der Waals surface area (Å²) in [5.74, 6) is 0.578. The molecule has 4 nitrogen and oxygen atoms in total. The van der Waals surface area contributed by atoms with E-state index in [0.29, 0.717) is 23.6 Å². The van der Waals surface area contributed by atoms with E-state index in [1.165, 1.54) is 12.1 Å². The van der Waals surface area contributed by atoms with Crippen molar-refractivity contribution in [1.29, 1.82) is 0 Å². The number of nitrogens with two attached hydrogens (primary N) is 1. The fraction of sp³-hybridized carbons (Fsp3) is 0.115. The number of hydrogen-bond acceptors (Lipinski definition) is 4. The largest absolute Gasteiger partial charge is 0.473 e. The van der Waals surface area contributed by atoms with E-state index in [4.69, 9.17) is 15.2 Å². The molecule has 33 heavy (non-hydrogen) atoms. The summed E-state index contributed by atoms with van der Waals surface area (Å²) in [4.78, 5) is 4.47. The molecule has 0 saturated carbocycles. The number of aromatic nitrogens is 1. The van der Waals surface area contributed by atoms with Crippen LogP contribution in [0.15, 0.2) is 91.0 Å². The number of anilines is 1. The van der Waals surface area contributed by atoms with E-state index in [-0.39, 0.29) is 18.2 Å². The number of nitrogens with zero attached hydrogens (tertiary/aromatic N) is 1. The van der Waals surface area contributed by atoms with Crippen molar-refractivity contribution in [2.24, 2.45) is 0 Å². The highest BCUT2D eigenvalue weighted by Crippen LogP contribution is 2.38. The van der Waals surface area contributed by atoms with Crippen LogP contribution in [0.4, 0.5) is 18.9 Å². The zero-order valence-electron chi connectivity index (χ0n) is 17.5. The van der Waals surface area contributed by atoms with Crippen molar-refractivity contribution in [2.45, 2.75) is 19.4 Å². The molecule has 3 aromatic carbocycles. The van der Waals surface area contributed by atoms with E-state index in [9.17, 15) is 13.2 Å². The third-order valence-electron chi connectivity index (χ3n) is 4.95. The summed E-state index contributed by atoms with van der Waals surface area (Å²) in [7, 11) is 0. The van der Waals surface area contributed by atoms with Gasteiger partial charge in [0.05, 0.1) is 5.56 Å². The lowest BCUT2D eigenvalue weighted by Crippen LogP contribution is -2.09. The summed E-state index contributed by atoms with van der Waals surface area (Å²) < 4.78 is 51.1. The maximum atomic E-state index is 13.1. The van der Waals surface area contributed by atoms with Gasteiger partial charge in [0.15, 0.2) is 0 Å². The Bertz CT molecular complexity index is 1210. The minimum Gasteiger partial charge on any atom is -0.473 e. The number of rotatable bonds is 7. The SMILES string of the molecule is Nc1cc(-c2ccc(OCc3ccccc3)nc2OCc2ccccc2)ccc1C(F)(F)F. The fourth-order valence-electron chi connectivity index (χ4n) is 3.28. The number of ether oxygens (including phenoxy) is 2. The Morgan fingerprint density at radius 1 is 0.727 bits per heavy atom. The van der Waals surface area contributed by atoms with Gasteiger partial charge >= 0.3 is 6.18 Å². The molecule has 1 heterocycles. The molecule has 168 valence electrons. The van der Waals surface area contributed by atoms with E-state index < -0.39 is 11.7 Å². The van der Waals surface area contributed by atoms with Gasteiger partial charge in [-0.3, -0.25) is 0 Å². The third kappa shape index (κ3) is 5.63. The minimum atomic E-state index is -4.53. The molecule has 1 aromatic heterocycles. The smallest absolute Gasteiger partial charge is 0.418 e. The van der Waals surface area contributed by atoms with Gasteiger partial charge in [-0.15, -0.1) is 0 Å². The first-order valence-corrected chi connectivity index (χ1v) is 10.2. The van der Waals surface area contributed by atoms with Crippen LogP contribution < -0.4 is 15.2 Å². The predicted molar refractivity (Wildman–Crippen MR) is 121 cm³/mol. The zero-order chi connectivity index (χ0) is 23.3. The molecular weight excluding hydrogens is 429 g/mol. The standard InChI is InChI=1S/C26H21F3N2O2/c27-26(28,29)22-13-11-20(15-23(22)30)21-12-14-24(32-16-18-7-3-1-4-8-18)31-25(21)33-17-19-9-5-2-6-10-19/h1-15H,16-17,30H2. The molecule has 0 atom stereocenters. The van der Waals surface area contributed by atoms with Gasteiger partial charge in [0.25, 0.3) is 0 Å². The van der Waals surface area contributed by atoms with Gasteiger partial charge < -0.3 is 15.2 Å². The molecule has 0 saturated heterocycles. The van der Waals surface area contributed by atoms with Crippen LogP contribution in [-0.4, -0.2) is 4.98 Å². The van der Waals surface area contributed by atoms with Crippen molar-refractivity contribution in [3.63, 3.8) is 0 Å². The van der Waals surface area contributed by atoms with E-state index in [1.807, 2.05) is 60.7 Å². The molecule has 0 spiro atoms. The normalized spacial score (nSPS) is 11.2. The van der Waals surface area contributed by atoms with Crippen molar-refractivity contribution >= 4 is 5.69 Å². The lowest BCUT2D eigenvalue weighted by atomic mass is 10.0. The van der Waals surface area contributed by atoms with Gasteiger partial charge in [-0.1, -0.05) is 66.7 Å². The highest BCUT2D eigenvalue weighted by atomic mass is 19.4. The Morgan fingerprint density at radius 3 is 1.91 bits per heavy atom. The molecule has 0 radical (unpaired) electrons. The van der Waals surface area contributed by atoms with Crippen LogP contribution in [-0.2, 0) is 19.4 Å². The summed E-state index contributed by atoms with van der Waals surface area (Å²) in [5, 5.41) is 0. The Kier molecular flexibility index (Phi) is 6.49. The Labute approximate surface area is 189 Å². The second-order valence-electron chi connectivity index (χ2n) is 7.35. The third-order valence-corrected chi connectivity index (χ3v) is 4.95. The molecule has 4 rings (SSSR count). The first kappa shape index (κ1) is 22.2. The van der Waals surface area contributed by atoms with E-state index in [2.05, 4.69) is 4.98 Å². The van der Waals surface area contributed by atoms with Gasteiger partial charge in [0, 0.05) is 17.3 Å². The van der Waals surface area contributed by atoms with Gasteiger partial charge in [0.1, 0.15) is 13.2 Å². The quantitative estimate of drug-likeness (QED) is 0.326. The highest BCUT2D eigenvalue weighted by Gasteiger charge is 2.33. The molecule has 0 aliphatic heterocycles. The van der Waals surface area contributed by atoms with Crippen LogP contribution >= 0.6 is 0 Å². The number of alkyl halides is 3. The predicted octanol–water partition coefficient (Wildman–Crippen LogP) is 6.51. The Hall–Kier alpha value is -4.00. The first-order chi connectivity index (χ1) is 15.9. The topological polar surface area (TPSA) is 57.4 Å². The molecule has 0 aliphatic carbocycles. The van der Waals surface area contributed by atoms with Crippen LogP contribution in [0.5, 0.6) is 11.8 Å². The molecule has 7 heteroatoms. The van der Waals surface area contributed by atoms with Crippen molar-refractivity contribution < 1.29 is 22.6 Å². The molecule has 0 aliphatic rings. The maximum Gasteiger partial charge on any atom is 0.418 e. The number of benzene rings is 3. The van der Waals surface area contributed by atoms with Crippen LogP contribution in [0.25, 0.3) is 11.1 Å². The van der Waals surface area contributed by atoms with Crippen LogP contribution in [0.2, 0.25) is 0 Å². The van der Waals surface area contributed by atoms with Crippen molar-refractivity contribution in [2.75, 3.05) is 5.73 Å². The summed E-state index contributed by atoms with van der Waals surface area (Å²) in [6.07, 6.45) is -4.53. The van der Waals surface area contributed by atoms with Crippen LogP contribution in [0.3, 0.4) is 0 Å². The maximum absolute atomic E-state index is 13.1. The summed E-state index contributed by atoms with van der Waals surface area (Å²) >= 11 is 0. The van der Waals surface area contributed by atoms with Gasteiger partial charge in [-0.2, -0.15) is 18.2 Å². The zero-order valence-corrected chi connectivity index (χ0v) is 17.5. The number of halogens is 3. The molecule has 0 unspecified atom stereocenters. The average Bonchev–Trinajstić information content (AvgIpc) is 2.82. The lowest BCUT2D eigenvalue weighted by molar-refractivity contribution is -0.136. The second-order valence-corrected chi connectivity index (χ2v) is 7.35. The monoisotopic (exact) mass is 450 g/mol. The minimum absolute atomic E-state index is 0.235. The van der Waals surface area contributed by atoms with Crippen molar-refractivity contribution in [1.82, 2.24) is 4.98 Å². The van der Waals surface area contributed by atoms with Gasteiger partial charge in [-0.25, -0.2) is 0 Å². The summed E-state index contributed by atoms with van der Waals surface area (Å²) in [6, 6.07) is 26.1. The Balaban J connectivity index is 1.64. The highest BCUT2D eigenvalue weighted by molar-refractivity contribution is 5.73. The lowest BCUT2D eigenvalue weighted by Gasteiger charge is -2.15. The molecule has 0 bridgehead atoms. The Morgan fingerprint density at radius 2 is 1.33 bits per heavy atom. The molecular formula is C26H21F3N2O2. The molecule has 0 fully saturated rings. The molecule has 4 aromatic rings. The van der Waals surface area contributed by atoms with Crippen molar-refractivity contribution in [3.05, 3.63) is 108 Å². The van der Waals surface area contributed by atoms with E-state index in [1.54, 1.807) is 12.1 Å².